The van der Waals surface area contributed by atoms with Gasteiger partial charge in [0.15, 0.2) is 0 Å². The predicted molar refractivity (Wildman–Crippen MR) is 87.7 cm³/mol. The lowest BCUT2D eigenvalue weighted by atomic mass is 10.0. The van der Waals surface area contributed by atoms with Gasteiger partial charge in [-0.05, 0) is 39.0 Å². The van der Waals surface area contributed by atoms with E-state index in [1.54, 1.807) is 0 Å². The van der Waals surface area contributed by atoms with Crippen LogP contribution in [0, 0.1) is 11.8 Å². The maximum absolute atomic E-state index is 3.69. The molecule has 0 rings (SSSR count). The van der Waals surface area contributed by atoms with Crippen molar-refractivity contribution in [3.63, 3.8) is 0 Å². The number of hydrogen-bond acceptors (Lipinski definition) is 2. The summed E-state index contributed by atoms with van der Waals surface area (Å²) in [4.78, 5) is 2.71. The van der Waals surface area contributed by atoms with Crippen molar-refractivity contribution in [2.24, 2.45) is 11.8 Å². The summed E-state index contributed by atoms with van der Waals surface area (Å²) in [5.41, 5.74) is 0.216. The maximum Gasteiger partial charge on any atom is 0.0220 e. The van der Waals surface area contributed by atoms with Gasteiger partial charge in [0, 0.05) is 31.2 Å². The first-order chi connectivity index (χ1) is 8.65. The van der Waals surface area contributed by atoms with Crippen LogP contribution < -0.4 is 5.32 Å². The highest BCUT2D eigenvalue weighted by atomic mass is 15.2. The molecule has 1 atom stereocenters. The number of hydrogen-bond donors (Lipinski definition) is 1. The third kappa shape index (κ3) is 10.4. The fraction of sp³-hybridized carbons (Fsp3) is 1.00. The summed E-state index contributed by atoms with van der Waals surface area (Å²) in [6.07, 6.45) is 2.56. The summed E-state index contributed by atoms with van der Waals surface area (Å²) < 4.78 is 0. The van der Waals surface area contributed by atoms with Crippen molar-refractivity contribution in [3.05, 3.63) is 0 Å². The molecule has 0 aliphatic carbocycles. The monoisotopic (exact) mass is 270 g/mol. The third-order valence-electron chi connectivity index (χ3n) is 3.21. The molecule has 0 bridgehead atoms. The van der Waals surface area contributed by atoms with Crippen molar-refractivity contribution < 1.29 is 0 Å². The van der Waals surface area contributed by atoms with Gasteiger partial charge in [-0.2, -0.15) is 0 Å². The molecule has 2 nitrogen and oxygen atoms in total. The summed E-state index contributed by atoms with van der Waals surface area (Å²) >= 11 is 0. The lowest BCUT2D eigenvalue weighted by Crippen LogP contribution is -2.49. The first-order valence-electron chi connectivity index (χ1n) is 8.14. The van der Waals surface area contributed by atoms with Crippen LogP contribution in [0.5, 0.6) is 0 Å². The summed E-state index contributed by atoms with van der Waals surface area (Å²) in [5, 5.41) is 3.69. The maximum atomic E-state index is 3.69. The first-order valence-corrected chi connectivity index (χ1v) is 8.14. The van der Waals surface area contributed by atoms with Crippen LogP contribution in [0.25, 0.3) is 0 Å². The van der Waals surface area contributed by atoms with E-state index in [4.69, 9.17) is 0 Å². The average Bonchev–Trinajstić information content (AvgIpc) is 2.20. The van der Waals surface area contributed by atoms with Crippen LogP contribution in [0.1, 0.15) is 68.2 Å². The molecule has 0 amide bonds. The Hall–Kier alpha value is -0.0800. The van der Waals surface area contributed by atoms with E-state index in [0.717, 1.165) is 18.4 Å². The SMILES string of the molecule is CCCC(CNC(C)(C)C)N(CC(C)C)CC(C)C. The van der Waals surface area contributed by atoms with Gasteiger partial charge in [0.05, 0.1) is 0 Å². The van der Waals surface area contributed by atoms with E-state index >= 15 is 0 Å². The molecule has 116 valence electrons. The molecule has 0 fully saturated rings. The highest BCUT2D eigenvalue weighted by Gasteiger charge is 2.21. The van der Waals surface area contributed by atoms with Gasteiger partial charge in [0.2, 0.25) is 0 Å². The van der Waals surface area contributed by atoms with Gasteiger partial charge >= 0.3 is 0 Å². The van der Waals surface area contributed by atoms with Crippen molar-refractivity contribution >= 4 is 0 Å². The fourth-order valence-corrected chi connectivity index (χ4v) is 2.48. The van der Waals surface area contributed by atoms with E-state index in [1.165, 1.54) is 25.9 Å². The van der Waals surface area contributed by atoms with Crippen LogP contribution in [0.15, 0.2) is 0 Å². The third-order valence-corrected chi connectivity index (χ3v) is 3.21. The van der Waals surface area contributed by atoms with Crippen LogP contribution in [-0.2, 0) is 0 Å². The van der Waals surface area contributed by atoms with Gasteiger partial charge in [-0.3, -0.25) is 4.90 Å². The zero-order valence-corrected chi connectivity index (χ0v) is 14.7. The molecule has 0 saturated heterocycles. The van der Waals surface area contributed by atoms with Crippen LogP contribution in [-0.4, -0.2) is 36.1 Å². The molecular formula is C17H38N2. The molecular weight excluding hydrogens is 232 g/mol. The van der Waals surface area contributed by atoms with Crippen LogP contribution in [0.3, 0.4) is 0 Å². The molecule has 0 aliphatic heterocycles. The molecule has 0 aromatic rings. The van der Waals surface area contributed by atoms with Crippen molar-refractivity contribution in [1.82, 2.24) is 10.2 Å². The minimum Gasteiger partial charge on any atom is -0.311 e. The minimum atomic E-state index is 0.216. The zero-order valence-electron chi connectivity index (χ0n) is 14.7. The van der Waals surface area contributed by atoms with Crippen molar-refractivity contribution in [1.29, 1.82) is 0 Å². The van der Waals surface area contributed by atoms with E-state index < -0.39 is 0 Å². The van der Waals surface area contributed by atoms with E-state index in [0.29, 0.717) is 6.04 Å². The Labute approximate surface area is 122 Å². The van der Waals surface area contributed by atoms with Gasteiger partial charge in [-0.1, -0.05) is 41.0 Å². The van der Waals surface area contributed by atoms with Crippen LogP contribution in [0.4, 0.5) is 0 Å². The Morgan fingerprint density at radius 2 is 1.42 bits per heavy atom. The fourth-order valence-electron chi connectivity index (χ4n) is 2.48. The topological polar surface area (TPSA) is 15.3 Å². The molecule has 0 spiro atoms. The Morgan fingerprint density at radius 3 is 1.74 bits per heavy atom. The molecule has 1 unspecified atom stereocenters. The van der Waals surface area contributed by atoms with Gasteiger partial charge < -0.3 is 5.32 Å². The molecule has 1 N–H and O–H groups in total. The van der Waals surface area contributed by atoms with Crippen molar-refractivity contribution in [3.8, 4) is 0 Å². The molecule has 0 aliphatic rings. The molecule has 19 heavy (non-hydrogen) atoms. The second kappa shape index (κ2) is 8.97. The number of nitrogens with zero attached hydrogens (tertiary/aromatic N) is 1. The molecule has 0 radical (unpaired) electrons. The van der Waals surface area contributed by atoms with E-state index in [2.05, 4.69) is 65.6 Å². The highest BCUT2D eigenvalue weighted by molar-refractivity contribution is 4.80. The summed E-state index contributed by atoms with van der Waals surface area (Å²) in [6.45, 7) is 21.9. The Bertz CT molecular complexity index is 206. The Morgan fingerprint density at radius 1 is 0.947 bits per heavy atom. The second-order valence-corrected chi connectivity index (χ2v) is 7.81. The molecule has 0 heterocycles. The van der Waals surface area contributed by atoms with E-state index in [1.807, 2.05) is 0 Å². The van der Waals surface area contributed by atoms with Crippen molar-refractivity contribution in [2.75, 3.05) is 19.6 Å². The first kappa shape index (κ1) is 18.9. The largest absolute Gasteiger partial charge is 0.311 e. The zero-order chi connectivity index (χ0) is 15.1. The van der Waals surface area contributed by atoms with Gasteiger partial charge in [0.25, 0.3) is 0 Å². The van der Waals surface area contributed by atoms with E-state index in [9.17, 15) is 0 Å². The number of nitrogens with one attached hydrogen (secondary N) is 1. The van der Waals surface area contributed by atoms with Crippen LogP contribution >= 0.6 is 0 Å². The molecule has 2 heteroatoms. The Balaban J connectivity index is 4.63. The Kier molecular flexibility index (Phi) is 8.93. The predicted octanol–water partition coefficient (Wildman–Crippen LogP) is 4.16. The second-order valence-electron chi connectivity index (χ2n) is 7.81. The van der Waals surface area contributed by atoms with E-state index in [-0.39, 0.29) is 5.54 Å². The molecule has 0 aromatic carbocycles. The summed E-state index contributed by atoms with van der Waals surface area (Å²) in [7, 11) is 0. The van der Waals surface area contributed by atoms with Crippen LogP contribution in [0.2, 0.25) is 0 Å². The van der Waals surface area contributed by atoms with Gasteiger partial charge in [-0.15, -0.1) is 0 Å². The lowest BCUT2D eigenvalue weighted by Gasteiger charge is -2.36. The smallest absolute Gasteiger partial charge is 0.0220 e. The molecule has 0 saturated carbocycles. The van der Waals surface area contributed by atoms with Gasteiger partial charge in [0.1, 0.15) is 0 Å². The summed E-state index contributed by atoms with van der Waals surface area (Å²) in [6, 6.07) is 0.675. The summed E-state index contributed by atoms with van der Waals surface area (Å²) in [5.74, 6) is 1.49. The quantitative estimate of drug-likeness (QED) is 0.677. The standard InChI is InChI=1S/C17H38N2/c1-9-10-16(11-18-17(6,7)8)19(12-14(2)3)13-15(4)5/h14-16,18H,9-13H2,1-8H3. The molecule has 0 aromatic heterocycles. The number of rotatable bonds is 9. The minimum absolute atomic E-state index is 0.216. The normalized spacial score (nSPS) is 14.7. The van der Waals surface area contributed by atoms with Crippen molar-refractivity contribution in [2.45, 2.75) is 79.8 Å². The average molecular weight is 271 g/mol. The highest BCUT2D eigenvalue weighted by Crippen LogP contribution is 2.13. The van der Waals surface area contributed by atoms with Gasteiger partial charge in [-0.25, -0.2) is 0 Å². The lowest BCUT2D eigenvalue weighted by molar-refractivity contribution is 0.139.